The number of ether oxygens (including phenoxy) is 1. The maximum Gasteiger partial charge on any atom is 0.407 e. The van der Waals surface area contributed by atoms with Gasteiger partial charge in [-0.15, -0.1) is 0 Å². The summed E-state index contributed by atoms with van der Waals surface area (Å²) in [7, 11) is 0. The highest BCUT2D eigenvalue weighted by atomic mass is 16.5. The number of hydrogen-bond donors (Lipinski definition) is 2. The molecule has 2 amide bonds. The first-order valence-corrected chi connectivity index (χ1v) is 11.5. The first-order chi connectivity index (χ1) is 15.8. The Kier molecular flexibility index (Phi) is 6.67. The minimum Gasteiger partial charge on any atom is -0.480 e. The lowest BCUT2D eigenvalue weighted by Crippen LogP contribution is -2.47. The zero-order chi connectivity index (χ0) is 23.5. The predicted molar refractivity (Wildman–Crippen MR) is 124 cm³/mol. The van der Waals surface area contributed by atoms with Crippen molar-refractivity contribution in [3.8, 4) is 11.1 Å². The highest BCUT2D eigenvalue weighted by Gasteiger charge is 2.35. The number of amides is 2. The molecule has 0 radical (unpaired) electrons. The number of carboxylic acid groups (broad SMARTS) is 1. The number of carbonyl (C=O) groups is 3. The van der Waals surface area contributed by atoms with Gasteiger partial charge in [0.1, 0.15) is 13.2 Å². The molecule has 0 unspecified atom stereocenters. The van der Waals surface area contributed by atoms with E-state index in [0.29, 0.717) is 19.3 Å². The third kappa shape index (κ3) is 5.02. The Labute approximate surface area is 193 Å². The first kappa shape index (κ1) is 22.8. The van der Waals surface area contributed by atoms with E-state index in [2.05, 4.69) is 29.6 Å². The minimum atomic E-state index is -1.01. The number of nitrogens with one attached hydrogen (secondary N) is 1. The van der Waals surface area contributed by atoms with E-state index < -0.39 is 12.1 Å². The van der Waals surface area contributed by atoms with E-state index in [1.54, 1.807) is 0 Å². The van der Waals surface area contributed by atoms with E-state index in [4.69, 9.17) is 9.84 Å². The molecule has 174 valence electrons. The lowest BCUT2D eigenvalue weighted by atomic mass is 9.78. The molecule has 4 rings (SSSR count). The molecule has 2 aromatic carbocycles. The molecule has 1 fully saturated rings. The van der Waals surface area contributed by atoms with E-state index in [1.165, 1.54) is 27.2 Å². The number of alkyl carbamates (subject to hydrolysis) is 1. The summed E-state index contributed by atoms with van der Waals surface area (Å²) in [5, 5.41) is 11.9. The summed E-state index contributed by atoms with van der Waals surface area (Å²) >= 11 is 0. The van der Waals surface area contributed by atoms with Crippen molar-refractivity contribution < 1.29 is 24.2 Å². The van der Waals surface area contributed by atoms with Crippen molar-refractivity contribution in [3.63, 3.8) is 0 Å². The molecule has 0 aliphatic heterocycles. The number of carbonyl (C=O) groups excluding carboxylic acids is 2. The van der Waals surface area contributed by atoms with Gasteiger partial charge in [0.15, 0.2) is 0 Å². The monoisotopic (exact) mass is 450 g/mol. The van der Waals surface area contributed by atoms with E-state index in [0.717, 1.165) is 0 Å². The summed E-state index contributed by atoms with van der Waals surface area (Å²) in [6, 6.07) is 16.2. The van der Waals surface area contributed by atoms with Gasteiger partial charge >= 0.3 is 12.1 Å². The lowest BCUT2D eigenvalue weighted by molar-refractivity contribution is -0.146. The van der Waals surface area contributed by atoms with Gasteiger partial charge in [-0.1, -0.05) is 48.5 Å². The molecular weight excluding hydrogens is 420 g/mol. The van der Waals surface area contributed by atoms with Crippen molar-refractivity contribution in [1.29, 1.82) is 0 Å². The average Bonchev–Trinajstić information content (AvgIpc) is 3.08. The molecule has 1 saturated carbocycles. The summed E-state index contributed by atoms with van der Waals surface area (Å²) in [6.07, 6.45) is 1.24. The summed E-state index contributed by atoms with van der Waals surface area (Å²) < 4.78 is 5.59. The van der Waals surface area contributed by atoms with Crippen LogP contribution in [-0.2, 0) is 14.3 Å². The van der Waals surface area contributed by atoms with Crippen molar-refractivity contribution in [3.05, 3.63) is 59.7 Å². The van der Waals surface area contributed by atoms with Gasteiger partial charge in [-0.05, 0) is 54.9 Å². The van der Waals surface area contributed by atoms with E-state index in [-0.39, 0.29) is 43.0 Å². The molecule has 0 atom stereocenters. The van der Waals surface area contributed by atoms with Crippen LogP contribution in [-0.4, -0.2) is 53.2 Å². The number of aliphatic carboxylic acids is 1. The van der Waals surface area contributed by atoms with Gasteiger partial charge in [0.25, 0.3) is 0 Å². The van der Waals surface area contributed by atoms with Crippen molar-refractivity contribution in [2.75, 3.05) is 13.2 Å². The molecule has 2 aliphatic carbocycles. The molecule has 2 N–H and O–H groups in total. The Morgan fingerprint density at radius 2 is 1.61 bits per heavy atom. The topological polar surface area (TPSA) is 95.9 Å². The fourth-order valence-electron chi connectivity index (χ4n) is 4.90. The van der Waals surface area contributed by atoms with Gasteiger partial charge in [0, 0.05) is 24.4 Å². The van der Waals surface area contributed by atoms with Gasteiger partial charge in [-0.3, -0.25) is 9.59 Å². The molecule has 0 heterocycles. The SMILES string of the molecule is CC(C)N(CC(=O)O)C(=O)CC1CC(NC(=O)OCC2c3ccccc3-c3ccccc32)C1. The zero-order valence-electron chi connectivity index (χ0n) is 19.0. The second kappa shape index (κ2) is 9.65. The number of rotatable bonds is 8. The summed E-state index contributed by atoms with van der Waals surface area (Å²) in [6.45, 7) is 3.60. The lowest BCUT2D eigenvalue weighted by Gasteiger charge is -2.36. The standard InChI is InChI=1S/C26H30N2O5/c1-16(2)28(14-25(30)31)24(29)13-17-11-18(12-17)27-26(32)33-15-23-21-9-5-3-7-19(21)20-8-4-6-10-22(20)23/h3-10,16-18,23H,11-15H2,1-2H3,(H,27,32)(H,30,31). The Hall–Kier alpha value is -3.35. The van der Waals surface area contributed by atoms with Crippen LogP contribution in [0.25, 0.3) is 11.1 Å². The smallest absolute Gasteiger partial charge is 0.407 e. The highest BCUT2D eigenvalue weighted by Crippen LogP contribution is 2.44. The fourth-order valence-corrected chi connectivity index (χ4v) is 4.90. The number of fused-ring (bicyclic) bond motifs is 3. The Morgan fingerprint density at radius 1 is 1.03 bits per heavy atom. The number of nitrogens with zero attached hydrogens (tertiary/aromatic N) is 1. The van der Waals surface area contributed by atoms with Crippen molar-refractivity contribution >= 4 is 18.0 Å². The quantitative estimate of drug-likeness (QED) is 0.633. The van der Waals surface area contributed by atoms with E-state index >= 15 is 0 Å². The maximum atomic E-state index is 12.5. The van der Waals surface area contributed by atoms with Gasteiger partial charge < -0.3 is 20.1 Å². The summed E-state index contributed by atoms with van der Waals surface area (Å²) in [5.74, 6) is -1.00. The van der Waals surface area contributed by atoms with Crippen LogP contribution in [0.2, 0.25) is 0 Å². The zero-order valence-corrected chi connectivity index (χ0v) is 19.0. The van der Waals surface area contributed by atoms with Crippen LogP contribution in [0.15, 0.2) is 48.5 Å². The van der Waals surface area contributed by atoms with Crippen LogP contribution in [0, 0.1) is 5.92 Å². The molecule has 7 nitrogen and oxygen atoms in total. The molecule has 0 aromatic heterocycles. The molecule has 0 saturated heterocycles. The van der Waals surface area contributed by atoms with Crippen LogP contribution < -0.4 is 5.32 Å². The molecular formula is C26H30N2O5. The van der Waals surface area contributed by atoms with Gasteiger partial charge in [-0.2, -0.15) is 0 Å². The molecule has 33 heavy (non-hydrogen) atoms. The second-order valence-corrected chi connectivity index (χ2v) is 9.22. The summed E-state index contributed by atoms with van der Waals surface area (Å²) in [4.78, 5) is 37.2. The number of hydrogen-bond acceptors (Lipinski definition) is 4. The first-order valence-electron chi connectivity index (χ1n) is 11.5. The van der Waals surface area contributed by atoms with Crippen molar-refractivity contribution in [2.24, 2.45) is 5.92 Å². The third-order valence-electron chi connectivity index (χ3n) is 6.61. The van der Waals surface area contributed by atoms with Gasteiger partial charge in [0.05, 0.1) is 0 Å². The minimum absolute atomic E-state index is 0.0196. The Morgan fingerprint density at radius 3 is 2.15 bits per heavy atom. The van der Waals surface area contributed by atoms with Crippen LogP contribution in [0.4, 0.5) is 4.79 Å². The number of carboxylic acids is 1. The molecule has 7 heteroatoms. The molecule has 0 bridgehead atoms. The van der Waals surface area contributed by atoms with Gasteiger partial charge in [0.2, 0.25) is 5.91 Å². The van der Waals surface area contributed by atoms with E-state index in [9.17, 15) is 14.4 Å². The molecule has 0 spiro atoms. The highest BCUT2D eigenvalue weighted by molar-refractivity contribution is 5.82. The van der Waals surface area contributed by atoms with Crippen LogP contribution in [0.5, 0.6) is 0 Å². The third-order valence-corrected chi connectivity index (χ3v) is 6.61. The Bertz CT molecular complexity index is 999. The Balaban J connectivity index is 1.25. The van der Waals surface area contributed by atoms with Gasteiger partial charge in [-0.25, -0.2) is 4.79 Å². The summed E-state index contributed by atoms with van der Waals surface area (Å²) in [5.41, 5.74) is 4.72. The fraction of sp³-hybridized carbons (Fsp3) is 0.423. The average molecular weight is 451 g/mol. The van der Waals surface area contributed by atoms with Crippen molar-refractivity contribution in [1.82, 2.24) is 10.2 Å². The van der Waals surface area contributed by atoms with Crippen LogP contribution >= 0.6 is 0 Å². The van der Waals surface area contributed by atoms with Crippen LogP contribution in [0.3, 0.4) is 0 Å². The normalized spacial score (nSPS) is 18.8. The predicted octanol–water partition coefficient (Wildman–Crippen LogP) is 4.02. The van der Waals surface area contributed by atoms with Crippen molar-refractivity contribution in [2.45, 2.75) is 51.1 Å². The number of benzene rings is 2. The van der Waals surface area contributed by atoms with E-state index in [1.807, 2.05) is 38.1 Å². The molecule has 2 aromatic rings. The maximum absolute atomic E-state index is 12.5. The second-order valence-electron chi connectivity index (χ2n) is 9.22. The molecule has 2 aliphatic rings. The largest absolute Gasteiger partial charge is 0.480 e. The van der Waals surface area contributed by atoms with Crippen LogP contribution in [0.1, 0.15) is 50.2 Å².